The number of carboxylic acids is 1. The fourth-order valence-corrected chi connectivity index (χ4v) is 1.01. The van der Waals surface area contributed by atoms with Crippen LogP contribution >= 0.6 is 0 Å². The molecule has 0 atom stereocenters. The smallest absolute Gasteiger partial charge is 0.545 e. The number of rotatable bonds is 2. The summed E-state index contributed by atoms with van der Waals surface area (Å²) in [5, 5.41) is 13.2. The van der Waals surface area contributed by atoms with Crippen LogP contribution in [0, 0.1) is 5.41 Å². The van der Waals surface area contributed by atoms with Crippen molar-refractivity contribution < 1.29 is 66.1 Å². The van der Waals surface area contributed by atoms with E-state index in [9.17, 15) is 14.7 Å². The number of hydrogen-bond acceptors (Lipinski definition) is 3. The van der Waals surface area contributed by atoms with Gasteiger partial charge in [0.1, 0.15) is 0 Å². The molecular weight excluding hydrogens is 245 g/mol. The zero-order valence-electron chi connectivity index (χ0n) is 10.5. The molecule has 0 fully saturated rings. The van der Waals surface area contributed by atoms with Crippen molar-refractivity contribution in [2.24, 2.45) is 5.41 Å². The second-order valence-corrected chi connectivity index (χ2v) is 4.57. The molecule has 17 heavy (non-hydrogen) atoms. The van der Waals surface area contributed by atoms with Crippen molar-refractivity contribution in [3.63, 3.8) is 0 Å². The third-order valence-electron chi connectivity index (χ3n) is 2.06. The molecule has 0 unspecified atom stereocenters. The number of hydrogen-bond donors (Lipinski definition) is 1. The Morgan fingerprint density at radius 3 is 1.94 bits per heavy atom. The van der Waals surface area contributed by atoms with Crippen LogP contribution in [0.1, 0.15) is 31.1 Å². The molecule has 0 aliphatic heterocycles. The van der Waals surface area contributed by atoms with Crippen LogP contribution in [-0.2, 0) is 4.79 Å². The summed E-state index contributed by atoms with van der Waals surface area (Å²) in [7, 11) is 0. The van der Waals surface area contributed by atoms with Gasteiger partial charge in [0.05, 0.1) is 5.97 Å². The Bertz CT molecular complexity index is 407. The van der Waals surface area contributed by atoms with E-state index in [0.717, 1.165) is 0 Å². The molecule has 0 aromatic heterocycles. The summed E-state index contributed by atoms with van der Waals surface area (Å²) in [4.78, 5) is 22.1. The van der Waals surface area contributed by atoms with E-state index in [4.69, 9.17) is 0 Å². The number of carboxylic acid groups (broad SMARTS) is 1. The summed E-state index contributed by atoms with van der Waals surface area (Å²) in [6.45, 7) is 5.41. The van der Waals surface area contributed by atoms with E-state index < -0.39 is 11.4 Å². The molecule has 1 amide bonds. The van der Waals surface area contributed by atoms with Crippen molar-refractivity contribution in [1.82, 2.24) is 0 Å². The average molecular weight is 259 g/mol. The maximum absolute atomic E-state index is 11.6. The number of benzene rings is 1. The SMILES string of the molecule is CC(C)(C)C(=O)Nc1ccc(C(=O)[O-])cc1.[K+]. The van der Waals surface area contributed by atoms with Crippen LogP contribution in [0.15, 0.2) is 24.3 Å². The predicted octanol–water partition coefficient (Wildman–Crippen LogP) is -1.96. The third kappa shape index (κ3) is 5.31. The van der Waals surface area contributed by atoms with E-state index in [1.165, 1.54) is 24.3 Å². The van der Waals surface area contributed by atoms with Gasteiger partial charge in [0.25, 0.3) is 0 Å². The fourth-order valence-electron chi connectivity index (χ4n) is 1.01. The Balaban J connectivity index is 0.00000256. The Hall–Kier alpha value is -0.204. The van der Waals surface area contributed by atoms with Crippen LogP contribution in [0.2, 0.25) is 0 Å². The predicted molar refractivity (Wildman–Crippen MR) is 58.9 cm³/mol. The maximum atomic E-state index is 11.6. The number of carbonyl (C=O) groups excluding carboxylic acids is 2. The Kier molecular flexibility index (Phi) is 6.58. The largest absolute Gasteiger partial charge is 1.00 e. The normalized spacial score (nSPS) is 10.3. The summed E-state index contributed by atoms with van der Waals surface area (Å²) >= 11 is 0. The molecule has 4 nitrogen and oxygen atoms in total. The second kappa shape index (κ2) is 6.65. The maximum Gasteiger partial charge on any atom is 1.00 e. The van der Waals surface area contributed by atoms with Gasteiger partial charge in [-0.25, -0.2) is 0 Å². The zero-order valence-corrected chi connectivity index (χ0v) is 13.7. The second-order valence-electron chi connectivity index (χ2n) is 4.57. The van der Waals surface area contributed by atoms with Crippen molar-refractivity contribution in [3.05, 3.63) is 29.8 Å². The van der Waals surface area contributed by atoms with E-state index >= 15 is 0 Å². The minimum atomic E-state index is -1.23. The summed E-state index contributed by atoms with van der Waals surface area (Å²) in [6, 6.07) is 5.87. The standard InChI is InChI=1S/C12H15NO3.K/c1-12(2,3)11(16)13-9-6-4-8(5-7-9)10(14)15;/h4-7H,1-3H3,(H,13,16)(H,14,15);/q;+1/p-1. The number of anilines is 1. The van der Waals surface area contributed by atoms with Gasteiger partial charge < -0.3 is 15.2 Å². The van der Waals surface area contributed by atoms with Crippen molar-refractivity contribution in [2.45, 2.75) is 20.8 Å². The molecule has 0 aliphatic rings. The van der Waals surface area contributed by atoms with Crippen molar-refractivity contribution >= 4 is 17.6 Å². The van der Waals surface area contributed by atoms with Gasteiger partial charge in [0.15, 0.2) is 0 Å². The van der Waals surface area contributed by atoms with Crippen molar-refractivity contribution in [2.75, 3.05) is 5.32 Å². The molecule has 5 heteroatoms. The van der Waals surface area contributed by atoms with Gasteiger partial charge in [-0.2, -0.15) is 0 Å². The summed E-state index contributed by atoms with van der Waals surface area (Å²) < 4.78 is 0. The van der Waals surface area contributed by atoms with Gasteiger partial charge >= 0.3 is 51.4 Å². The molecule has 0 heterocycles. The summed E-state index contributed by atoms with van der Waals surface area (Å²) in [5.41, 5.74) is 0.186. The minimum absolute atomic E-state index is 0. The Morgan fingerprint density at radius 1 is 1.12 bits per heavy atom. The van der Waals surface area contributed by atoms with Crippen LogP contribution in [0.25, 0.3) is 0 Å². The fraction of sp³-hybridized carbons (Fsp3) is 0.333. The monoisotopic (exact) mass is 259 g/mol. The van der Waals surface area contributed by atoms with Crippen LogP contribution in [-0.4, -0.2) is 11.9 Å². The molecule has 0 saturated carbocycles. The van der Waals surface area contributed by atoms with Gasteiger partial charge in [-0.15, -0.1) is 0 Å². The summed E-state index contributed by atoms with van der Waals surface area (Å²) in [6.07, 6.45) is 0. The van der Waals surface area contributed by atoms with Crippen LogP contribution in [0.3, 0.4) is 0 Å². The van der Waals surface area contributed by atoms with Crippen LogP contribution in [0.4, 0.5) is 5.69 Å². The van der Waals surface area contributed by atoms with Crippen LogP contribution in [0.5, 0.6) is 0 Å². The molecule has 86 valence electrons. The number of aromatic carboxylic acids is 1. The van der Waals surface area contributed by atoms with Crippen LogP contribution < -0.4 is 61.8 Å². The van der Waals surface area contributed by atoms with Gasteiger partial charge in [0, 0.05) is 11.1 Å². The zero-order chi connectivity index (χ0) is 12.3. The first-order valence-corrected chi connectivity index (χ1v) is 4.93. The van der Waals surface area contributed by atoms with E-state index in [0.29, 0.717) is 5.69 Å². The molecule has 0 aliphatic carbocycles. The molecular formula is C12H14KNO3. The van der Waals surface area contributed by atoms with Gasteiger partial charge in [-0.1, -0.05) is 32.9 Å². The van der Waals surface area contributed by atoms with E-state index in [-0.39, 0.29) is 62.9 Å². The number of nitrogens with one attached hydrogen (secondary N) is 1. The third-order valence-corrected chi connectivity index (χ3v) is 2.06. The molecule has 0 spiro atoms. The molecule has 0 saturated heterocycles. The van der Waals surface area contributed by atoms with Gasteiger partial charge in [-0.05, 0) is 17.7 Å². The quantitative estimate of drug-likeness (QED) is 0.627. The van der Waals surface area contributed by atoms with E-state index in [1.807, 2.05) is 0 Å². The van der Waals surface area contributed by atoms with E-state index in [2.05, 4.69) is 5.32 Å². The number of carbonyl (C=O) groups is 2. The molecule has 1 rings (SSSR count). The molecule has 0 radical (unpaired) electrons. The molecule has 1 aromatic rings. The molecule has 0 bridgehead atoms. The van der Waals surface area contributed by atoms with Gasteiger partial charge in [-0.3, -0.25) is 4.79 Å². The molecule has 1 aromatic carbocycles. The van der Waals surface area contributed by atoms with Gasteiger partial charge in [0.2, 0.25) is 5.91 Å². The first-order chi connectivity index (χ1) is 7.30. The Labute approximate surface area is 143 Å². The number of amides is 1. The Morgan fingerprint density at radius 2 is 1.59 bits per heavy atom. The topological polar surface area (TPSA) is 69.2 Å². The first kappa shape index (κ1) is 16.8. The van der Waals surface area contributed by atoms with E-state index in [1.54, 1.807) is 20.8 Å². The minimum Gasteiger partial charge on any atom is -0.545 e. The van der Waals surface area contributed by atoms with Crippen molar-refractivity contribution in [3.8, 4) is 0 Å². The first-order valence-electron chi connectivity index (χ1n) is 4.93. The average Bonchev–Trinajstić information content (AvgIpc) is 2.17. The van der Waals surface area contributed by atoms with Crippen molar-refractivity contribution in [1.29, 1.82) is 0 Å². The summed E-state index contributed by atoms with van der Waals surface area (Å²) in [5.74, 6) is -1.35. The molecule has 1 N–H and O–H groups in total.